The van der Waals surface area contributed by atoms with E-state index in [1.54, 1.807) is 36.4 Å². The van der Waals surface area contributed by atoms with Gasteiger partial charge < -0.3 is 0 Å². The number of nitrogens with zero attached hydrogens (tertiary/aromatic N) is 2. The number of carbonyl (C=O) groups excluding carboxylic acids is 3. The molecule has 1 aliphatic rings. The molecule has 25 heavy (non-hydrogen) atoms. The molecule has 4 amide bonds. The van der Waals surface area contributed by atoms with Crippen molar-refractivity contribution in [2.75, 3.05) is 4.90 Å². The summed E-state index contributed by atoms with van der Waals surface area (Å²) in [5, 5.41) is 2.20. The van der Waals surface area contributed by atoms with E-state index >= 15 is 0 Å². The van der Waals surface area contributed by atoms with Crippen molar-refractivity contribution in [3.05, 3.63) is 58.6 Å². The van der Waals surface area contributed by atoms with Crippen LogP contribution in [-0.4, -0.2) is 24.1 Å². The van der Waals surface area contributed by atoms with E-state index in [1.165, 1.54) is 6.21 Å². The summed E-state index contributed by atoms with van der Waals surface area (Å²) >= 11 is 3.33. The van der Waals surface area contributed by atoms with Crippen LogP contribution in [0.3, 0.4) is 0 Å². The Morgan fingerprint density at radius 2 is 1.88 bits per heavy atom. The molecule has 0 unspecified atom stereocenters. The van der Waals surface area contributed by atoms with E-state index in [0.717, 1.165) is 14.9 Å². The van der Waals surface area contributed by atoms with Crippen LogP contribution in [0, 0.1) is 12.8 Å². The molecule has 1 atom stereocenters. The molecule has 1 N–H and O–H groups in total. The van der Waals surface area contributed by atoms with Crippen molar-refractivity contribution in [3.8, 4) is 0 Å². The molecule has 0 spiro atoms. The fourth-order valence-electron chi connectivity index (χ4n) is 2.45. The maximum absolute atomic E-state index is 12.7. The second-order valence-electron chi connectivity index (χ2n) is 5.54. The molecule has 3 rings (SSSR count). The van der Waals surface area contributed by atoms with Gasteiger partial charge in [-0.25, -0.2) is 9.69 Å². The van der Waals surface area contributed by atoms with Gasteiger partial charge in [0, 0.05) is 10.7 Å². The number of imide groups is 2. The zero-order valence-electron chi connectivity index (χ0n) is 13.3. The van der Waals surface area contributed by atoms with Crippen LogP contribution < -0.4 is 10.2 Å². The van der Waals surface area contributed by atoms with Crippen molar-refractivity contribution in [1.82, 2.24) is 5.32 Å². The van der Waals surface area contributed by atoms with Gasteiger partial charge in [0.2, 0.25) is 5.91 Å². The molecule has 0 bridgehead atoms. The highest BCUT2D eigenvalue weighted by Gasteiger charge is 2.40. The number of amides is 4. The normalized spacial score (nSPS) is 17.9. The van der Waals surface area contributed by atoms with Crippen molar-refractivity contribution in [2.45, 2.75) is 6.92 Å². The number of rotatable bonds is 3. The van der Waals surface area contributed by atoms with E-state index in [0.29, 0.717) is 11.4 Å². The second kappa shape index (κ2) is 6.98. The van der Waals surface area contributed by atoms with E-state index in [2.05, 4.69) is 26.2 Å². The zero-order chi connectivity index (χ0) is 18.0. The average Bonchev–Trinajstić information content (AvgIpc) is 2.54. The summed E-state index contributed by atoms with van der Waals surface area (Å²) in [5.41, 5.74) is 1.90. The standard InChI is InChI=1S/C18H14BrN3O3/c1-11-4-2-7-14(8-11)22-17(24)15(16(23)21-18(22)25)10-20-13-6-3-5-12(19)9-13/h2-10,15H,1H3,(H,21,23,25)/t15-/m1/s1. The lowest BCUT2D eigenvalue weighted by atomic mass is 10.1. The molecule has 126 valence electrons. The summed E-state index contributed by atoms with van der Waals surface area (Å²) in [7, 11) is 0. The van der Waals surface area contributed by atoms with Crippen LogP contribution in [0.1, 0.15) is 5.56 Å². The Labute approximate surface area is 152 Å². The van der Waals surface area contributed by atoms with Crippen molar-refractivity contribution in [3.63, 3.8) is 0 Å². The largest absolute Gasteiger partial charge is 0.335 e. The maximum atomic E-state index is 12.7. The SMILES string of the molecule is Cc1cccc(N2C(=O)NC(=O)[C@@H](C=Nc3cccc(Br)c3)C2=O)c1. The van der Waals surface area contributed by atoms with Crippen molar-refractivity contribution < 1.29 is 14.4 Å². The first-order chi connectivity index (χ1) is 12.0. The minimum absolute atomic E-state index is 0.413. The van der Waals surface area contributed by atoms with Crippen LogP contribution in [-0.2, 0) is 9.59 Å². The Hall–Kier alpha value is -2.80. The molecule has 0 saturated carbocycles. The number of carbonyl (C=O) groups is 3. The van der Waals surface area contributed by atoms with Gasteiger partial charge in [0.1, 0.15) is 0 Å². The van der Waals surface area contributed by atoms with Gasteiger partial charge >= 0.3 is 6.03 Å². The number of anilines is 1. The summed E-state index contributed by atoms with van der Waals surface area (Å²) in [4.78, 5) is 42.0. The summed E-state index contributed by atoms with van der Waals surface area (Å²) in [6, 6.07) is 13.3. The summed E-state index contributed by atoms with van der Waals surface area (Å²) < 4.78 is 0.832. The summed E-state index contributed by atoms with van der Waals surface area (Å²) in [6.45, 7) is 1.85. The number of aliphatic imine (C=N–C) groups is 1. The third kappa shape index (κ3) is 3.66. The molecule has 0 aromatic heterocycles. The summed E-state index contributed by atoms with van der Waals surface area (Å²) in [6.07, 6.45) is 1.26. The third-order valence-corrected chi connectivity index (χ3v) is 4.14. The van der Waals surface area contributed by atoms with Crippen LogP contribution in [0.25, 0.3) is 0 Å². The smallest absolute Gasteiger partial charge is 0.276 e. The fourth-order valence-corrected chi connectivity index (χ4v) is 2.84. The minimum atomic E-state index is -1.17. The Balaban J connectivity index is 1.90. The van der Waals surface area contributed by atoms with Crippen LogP contribution in [0.2, 0.25) is 0 Å². The molecule has 1 fully saturated rings. The van der Waals surface area contributed by atoms with Gasteiger partial charge in [-0.05, 0) is 42.8 Å². The molecule has 2 aromatic carbocycles. The molecule has 1 saturated heterocycles. The van der Waals surface area contributed by atoms with Crippen molar-refractivity contribution in [2.24, 2.45) is 10.9 Å². The number of aryl methyl sites for hydroxylation is 1. The molecule has 2 aromatic rings. The molecule has 7 heteroatoms. The quantitative estimate of drug-likeness (QED) is 0.634. The van der Waals surface area contributed by atoms with E-state index < -0.39 is 23.8 Å². The van der Waals surface area contributed by atoms with Gasteiger partial charge in [0.15, 0.2) is 5.92 Å². The van der Waals surface area contributed by atoms with Crippen LogP contribution in [0.4, 0.5) is 16.2 Å². The van der Waals surface area contributed by atoms with Crippen LogP contribution in [0.15, 0.2) is 58.0 Å². The molecular formula is C18H14BrN3O3. The van der Waals surface area contributed by atoms with Gasteiger partial charge in [-0.3, -0.25) is 19.9 Å². The molecule has 0 aliphatic carbocycles. The minimum Gasteiger partial charge on any atom is -0.276 e. The first-order valence-corrected chi connectivity index (χ1v) is 8.30. The Bertz CT molecular complexity index is 895. The average molecular weight is 400 g/mol. The topological polar surface area (TPSA) is 78.8 Å². The van der Waals surface area contributed by atoms with Crippen LogP contribution in [0.5, 0.6) is 0 Å². The number of barbiturate groups is 1. The third-order valence-electron chi connectivity index (χ3n) is 3.64. The van der Waals surface area contributed by atoms with Gasteiger partial charge in [-0.15, -0.1) is 0 Å². The van der Waals surface area contributed by atoms with Crippen LogP contribution >= 0.6 is 15.9 Å². The van der Waals surface area contributed by atoms with Gasteiger partial charge in [0.05, 0.1) is 11.4 Å². The van der Waals surface area contributed by atoms with E-state index in [9.17, 15) is 14.4 Å². The number of urea groups is 1. The monoisotopic (exact) mass is 399 g/mol. The zero-order valence-corrected chi connectivity index (χ0v) is 14.9. The highest BCUT2D eigenvalue weighted by molar-refractivity contribution is 9.10. The molecule has 6 nitrogen and oxygen atoms in total. The van der Waals surface area contributed by atoms with Gasteiger partial charge in [-0.1, -0.05) is 34.1 Å². The Morgan fingerprint density at radius 3 is 2.60 bits per heavy atom. The lowest BCUT2D eigenvalue weighted by Crippen LogP contribution is -2.58. The predicted molar refractivity (Wildman–Crippen MR) is 98.0 cm³/mol. The maximum Gasteiger partial charge on any atom is 0.335 e. The first-order valence-electron chi connectivity index (χ1n) is 7.51. The number of hydrogen-bond acceptors (Lipinski definition) is 4. The van der Waals surface area contributed by atoms with Crippen molar-refractivity contribution in [1.29, 1.82) is 0 Å². The highest BCUT2D eigenvalue weighted by atomic mass is 79.9. The fraction of sp³-hybridized carbons (Fsp3) is 0.111. The molecular weight excluding hydrogens is 386 g/mol. The lowest BCUT2D eigenvalue weighted by molar-refractivity contribution is -0.131. The number of nitrogens with one attached hydrogen (secondary N) is 1. The number of benzene rings is 2. The van der Waals surface area contributed by atoms with Crippen molar-refractivity contribution >= 4 is 51.4 Å². The Kier molecular flexibility index (Phi) is 4.76. The van der Waals surface area contributed by atoms with E-state index in [-0.39, 0.29) is 0 Å². The van der Waals surface area contributed by atoms with E-state index in [1.807, 2.05) is 19.1 Å². The highest BCUT2D eigenvalue weighted by Crippen LogP contribution is 2.22. The van der Waals surface area contributed by atoms with E-state index in [4.69, 9.17) is 0 Å². The second-order valence-corrected chi connectivity index (χ2v) is 6.46. The molecule has 1 aliphatic heterocycles. The molecule has 0 radical (unpaired) electrons. The number of hydrogen-bond donors (Lipinski definition) is 1. The number of halogens is 1. The first kappa shape index (κ1) is 17.0. The predicted octanol–water partition coefficient (Wildman–Crippen LogP) is 3.36. The summed E-state index contributed by atoms with van der Waals surface area (Å²) in [5.74, 6) is -2.48. The van der Waals surface area contributed by atoms with Gasteiger partial charge in [0.25, 0.3) is 5.91 Å². The Morgan fingerprint density at radius 1 is 1.12 bits per heavy atom. The molecule has 1 heterocycles. The lowest BCUT2D eigenvalue weighted by Gasteiger charge is -2.28. The van der Waals surface area contributed by atoms with Gasteiger partial charge in [-0.2, -0.15) is 0 Å².